The van der Waals surface area contributed by atoms with Crippen molar-refractivity contribution in [3.8, 4) is 0 Å². The molecule has 1 aliphatic carbocycles. The highest BCUT2D eigenvalue weighted by Crippen LogP contribution is 2.22. The fourth-order valence-corrected chi connectivity index (χ4v) is 3.78. The molecule has 1 N–H and O–H groups in total. The summed E-state index contributed by atoms with van der Waals surface area (Å²) in [5, 5.41) is 3.28. The molecule has 0 aromatic carbocycles. The summed E-state index contributed by atoms with van der Waals surface area (Å²) >= 11 is 0. The van der Waals surface area contributed by atoms with Crippen molar-refractivity contribution in [3.05, 3.63) is 17.3 Å². The molecule has 1 amide bonds. The van der Waals surface area contributed by atoms with Crippen LogP contribution in [-0.2, 0) is 11.3 Å². The molecule has 1 unspecified atom stereocenters. The quantitative estimate of drug-likeness (QED) is 0.927. The molecule has 0 bridgehead atoms. The Morgan fingerprint density at radius 2 is 2.00 bits per heavy atom. The molecule has 1 aromatic heterocycles. The molecule has 23 heavy (non-hydrogen) atoms. The molecule has 128 valence electrons. The van der Waals surface area contributed by atoms with E-state index in [0.29, 0.717) is 12.6 Å². The van der Waals surface area contributed by atoms with E-state index in [1.165, 1.54) is 19.3 Å². The molecule has 5 heteroatoms. The summed E-state index contributed by atoms with van der Waals surface area (Å²) in [6, 6.07) is 0.406. The van der Waals surface area contributed by atoms with E-state index in [0.717, 1.165) is 56.1 Å². The number of hydrogen-bond donors (Lipinski definition) is 1. The van der Waals surface area contributed by atoms with Crippen molar-refractivity contribution < 1.29 is 9.21 Å². The molecule has 1 aliphatic heterocycles. The number of aryl methyl sites for hydroxylation is 2. The van der Waals surface area contributed by atoms with Crippen molar-refractivity contribution >= 4 is 5.91 Å². The zero-order chi connectivity index (χ0) is 16.2. The lowest BCUT2D eigenvalue weighted by atomic mass is 9.93. The first-order valence-electron chi connectivity index (χ1n) is 9.07. The van der Waals surface area contributed by atoms with Crippen molar-refractivity contribution in [1.82, 2.24) is 15.2 Å². The summed E-state index contributed by atoms with van der Waals surface area (Å²) in [5.74, 6) is 2.03. The predicted molar refractivity (Wildman–Crippen MR) is 89.0 cm³/mol. The van der Waals surface area contributed by atoms with Crippen LogP contribution in [0, 0.1) is 19.8 Å². The molecule has 0 radical (unpaired) electrons. The minimum absolute atomic E-state index is 0.114. The summed E-state index contributed by atoms with van der Waals surface area (Å²) < 4.78 is 5.68. The smallest absolute Gasteiger partial charge is 0.224 e. The van der Waals surface area contributed by atoms with Gasteiger partial charge in [-0.2, -0.15) is 0 Å². The Hall–Kier alpha value is -1.36. The van der Waals surface area contributed by atoms with Gasteiger partial charge in [-0.1, -0.05) is 19.3 Å². The standard InChI is InChI=1S/C18H29N3O2/c1-13-14(2)23-17(19-13)12-21-10-6-7-15(11-21)18(22)20-16-8-4-3-5-9-16/h15-16H,3-12H2,1-2H3,(H,20,22). The van der Waals surface area contributed by atoms with Crippen LogP contribution in [0.5, 0.6) is 0 Å². The Morgan fingerprint density at radius 3 is 2.70 bits per heavy atom. The normalized spacial score (nSPS) is 23.8. The number of piperidine rings is 1. The van der Waals surface area contributed by atoms with E-state index >= 15 is 0 Å². The Morgan fingerprint density at radius 1 is 1.22 bits per heavy atom. The number of hydrogen-bond acceptors (Lipinski definition) is 4. The van der Waals surface area contributed by atoms with E-state index in [9.17, 15) is 4.79 Å². The van der Waals surface area contributed by atoms with Gasteiger partial charge in [0.05, 0.1) is 18.2 Å². The van der Waals surface area contributed by atoms with E-state index < -0.39 is 0 Å². The third-order valence-electron chi connectivity index (χ3n) is 5.26. The van der Waals surface area contributed by atoms with Crippen LogP contribution in [0.25, 0.3) is 0 Å². The van der Waals surface area contributed by atoms with E-state index in [2.05, 4.69) is 15.2 Å². The van der Waals surface area contributed by atoms with Gasteiger partial charge in [0.1, 0.15) is 5.76 Å². The van der Waals surface area contributed by atoms with Crippen LogP contribution in [-0.4, -0.2) is 34.9 Å². The van der Waals surface area contributed by atoms with Gasteiger partial charge in [0.2, 0.25) is 11.8 Å². The molecule has 1 saturated carbocycles. The van der Waals surface area contributed by atoms with Crippen molar-refractivity contribution in [3.63, 3.8) is 0 Å². The maximum absolute atomic E-state index is 12.5. The molecule has 3 rings (SSSR count). The van der Waals surface area contributed by atoms with Gasteiger partial charge < -0.3 is 9.73 Å². The summed E-state index contributed by atoms with van der Waals surface area (Å²) in [7, 11) is 0. The van der Waals surface area contributed by atoms with Crippen LogP contribution >= 0.6 is 0 Å². The summed E-state index contributed by atoms with van der Waals surface area (Å²) in [4.78, 5) is 19.3. The number of oxazole rings is 1. The third kappa shape index (κ3) is 4.34. The van der Waals surface area contributed by atoms with E-state index in [1.54, 1.807) is 0 Å². The maximum atomic E-state index is 12.5. The maximum Gasteiger partial charge on any atom is 0.224 e. The van der Waals surface area contributed by atoms with Gasteiger partial charge in [-0.25, -0.2) is 4.98 Å². The van der Waals surface area contributed by atoms with Gasteiger partial charge in [-0.05, 0) is 46.1 Å². The lowest BCUT2D eigenvalue weighted by Crippen LogP contribution is -2.46. The number of rotatable bonds is 4. The Bertz CT molecular complexity index is 515. The molecule has 2 fully saturated rings. The SMILES string of the molecule is Cc1nc(CN2CCCC(C(=O)NC3CCCCC3)C2)oc1C. The topological polar surface area (TPSA) is 58.4 Å². The van der Waals surface area contributed by atoms with Gasteiger partial charge >= 0.3 is 0 Å². The second kappa shape index (κ2) is 7.47. The molecule has 2 aliphatic rings. The zero-order valence-corrected chi connectivity index (χ0v) is 14.4. The Kier molecular flexibility index (Phi) is 5.36. The molecule has 1 atom stereocenters. The summed E-state index contributed by atoms with van der Waals surface area (Å²) in [6.07, 6.45) is 8.20. The second-order valence-electron chi connectivity index (χ2n) is 7.17. The largest absolute Gasteiger partial charge is 0.444 e. The average Bonchev–Trinajstić information content (AvgIpc) is 2.86. The number of amides is 1. The fourth-order valence-electron chi connectivity index (χ4n) is 3.78. The van der Waals surface area contributed by atoms with Gasteiger partial charge in [0, 0.05) is 12.6 Å². The Labute approximate surface area is 138 Å². The minimum atomic E-state index is 0.114. The summed E-state index contributed by atoms with van der Waals surface area (Å²) in [6.45, 7) is 6.47. The van der Waals surface area contributed by atoms with Gasteiger partial charge in [-0.15, -0.1) is 0 Å². The van der Waals surface area contributed by atoms with Crippen molar-refractivity contribution in [2.45, 2.75) is 71.4 Å². The number of likely N-dealkylation sites (tertiary alicyclic amines) is 1. The Balaban J connectivity index is 1.51. The highest BCUT2D eigenvalue weighted by atomic mass is 16.4. The zero-order valence-electron chi connectivity index (χ0n) is 14.4. The van der Waals surface area contributed by atoms with Gasteiger partial charge in [0.25, 0.3) is 0 Å². The third-order valence-corrected chi connectivity index (χ3v) is 5.26. The molecule has 5 nitrogen and oxygen atoms in total. The molecule has 1 saturated heterocycles. The number of nitrogens with one attached hydrogen (secondary N) is 1. The fraction of sp³-hybridized carbons (Fsp3) is 0.778. The number of carbonyl (C=O) groups excluding carboxylic acids is 1. The van der Waals surface area contributed by atoms with Crippen LogP contribution in [0.15, 0.2) is 4.42 Å². The van der Waals surface area contributed by atoms with Crippen LogP contribution in [0.1, 0.15) is 62.3 Å². The first-order valence-corrected chi connectivity index (χ1v) is 9.07. The molecular weight excluding hydrogens is 290 g/mol. The van der Waals surface area contributed by atoms with Crippen LogP contribution in [0.2, 0.25) is 0 Å². The van der Waals surface area contributed by atoms with Crippen LogP contribution in [0.4, 0.5) is 0 Å². The molecule has 1 aromatic rings. The minimum Gasteiger partial charge on any atom is -0.444 e. The van der Waals surface area contributed by atoms with Crippen molar-refractivity contribution in [1.29, 1.82) is 0 Å². The number of aromatic nitrogens is 1. The highest BCUT2D eigenvalue weighted by molar-refractivity contribution is 5.79. The van der Waals surface area contributed by atoms with Crippen LogP contribution < -0.4 is 5.32 Å². The molecular formula is C18H29N3O2. The van der Waals surface area contributed by atoms with E-state index in [1.807, 2.05) is 13.8 Å². The lowest BCUT2D eigenvalue weighted by molar-refractivity contribution is -0.127. The lowest BCUT2D eigenvalue weighted by Gasteiger charge is -2.32. The van der Waals surface area contributed by atoms with Crippen molar-refractivity contribution in [2.24, 2.45) is 5.92 Å². The average molecular weight is 319 g/mol. The van der Waals surface area contributed by atoms with E-state index in [4.69, 9.17) is 4.42 Å². The monoisotopic (exact) mass is 319 g/mol. The number of carbonyl (C=O) groups is 1. The van der Waals surface area contributed by atoms with Crippen molar-refractivity contribution in [2.75, 3.05) is 13.1 Å². The number of nitrogens with zero attached hydrogens (tertiary/aromatic N) is 2. The summed E-state index contributed by atoms with van der Waals surface area (Å²) in [5.41, 5.74) is 0.962. The predicted octanol–water partition coefficient (Wildman–Crippen LogP) is 2.95. The molecule has 2 heterocycles. The second-order valence-corrected chi connectivity index (χ2v) is 7.17. The first kappa shape index (κ1) is 16.5. The molecule has 0 spiro atoms. The first-order chi connectivity index (χ1) is 11.1. The van der Waals surface area contributed by atoms with Gasteiger partial charge in [-0.3, -0.25) is 9.69 Å². The highest BCUT2D eigenvalue weighted by Gasteiger charge is 2.28. The van der Waals surface area contributed by atoms with E-state index in [-0.39, 0.29) is 11.8 Å². The van der Waals surface area contributed by atoms with Crippen LogP contribution in [0.3, 0.4) is 0 Å². The van der Waals surface area contributed by atoms with Gasteiger partial charge in [0.15, 0.2) is 0 Å².